The summed E-state index contributed by atoms with van der Waals surface area (Å²) in [5, 5.41) is 2.74. The molecule has 20 heavy (non-hydrogen) atoms. The minimum Gasteiger partial charge on any atom is -0.469 e. The van der Waals surface area contributed by atoms with Gasteiger partial charge in [-0.05, 0) is 38.1 Å². The lowest BCUT2D eigenvalue weighted by atomic mass is 9.79. The van der Waals surface area contributed by atoms with Crippen molar-refractivity contribution in [3.63, 3.8) is 0 Å². The van der Waals surface area contributed by atoms with Gasteiger partial charge in [-0.15, -0.1) is 0 Å². The molecule has 1 aliphatic rings. The van der Waals surface area contributed by atoms with Crippen LogP contribution in [0.3, 0.4) is 0 Å². The molecule has 0 bridgehead atoms. The van der Waals surface area contributed by atoms with Crippen molar-refractivity contribution in [2.75, 3.05) is 19.9 Å². The summed E-state index contributed by atoms with van der Waals surface area (Å²) >= 11 is 0. The minimum absolute atomic E-state index is 0.00681. The number of carbonyl (C=O) groups is 1. The number of methoxy groups -OCH3 is 1. The summed E-state index contributed by atoms with van der Waals surface area (Å²) < 4.78 is 29.5. The van der Waals surface area contributed by atoms with Gasteiger partial charge in [0, 0.05) is 6.04 Å². The highest BCUT2D eigenvalue weighted by Crippen LogP contribution is 2.34. The smallest absolute Gasteiger partial charge is 0.306 e. The first-order valence-electron chi connectivity index (χ1n) is 7.27. The van der Waals surface area contributed by atoms with E-state index in [9.17, 15) is 13.2 Å². The molecule has 5 nitrogen and oxygen atoms in total. The highest BCUT2D eigenvalue weighted by molar-refractivity contribution is 7.92. The number of nitrogens with one attached hydrogen (secondary N) is 1. The van der Waals surface area contributed by atoms with Gasteiger partial charge < -0.3 is 10.1 Å². The lowest BCUT2D eigenvalue weighted by Gasteiger charge is -2.37. The van der Waals surface area contributed by atoms with Crippen molar-refractivity contribution >= 4 is 15.8 Å². The van der Waals surface area contributed by atoms with Gasteiger partial charge in [-0.3, -0.25) is 4.79 Å². The average molecular weight is 305 g/mol. The Balaban J connectivity index is 2.79. The molecule has 0 saturated heterocycles. The Labute approximate surface area is 122 Å². The van der Waals surface area contributed by atoms with Crippen LogP contribution in [-0.4, -0.2) is 45.6 Å². The van der Waals surface area contributed by atoms with Crippen molar-refractivity contribution in [2.24, 2.45) is 11.8 Å². The molecule has 0 amide bonds. The van der Waals surface area contributed by atoms with Gasteiger partial charge in [0.2, 0.25) is 0 Å². The first-order chi connectivity index (χ1) is 9.31. The Morgan fingerprint density at radius 2 is 2.00 bits per heavy atom. The van der Waals surface area contributed by atoms with E-state index in [4.69, 9.17) is 0 Å². The molecule has 1 rings (SSSR count). The molecular formula is C14H27NO4S. The van der Waals surface area contributed by atoms with E-state index < -0.39 is 21.1 Å². The molecule has 3 unspecified atom stereocenters. The zero-order valence-electron chi connectivity index (χ0n) is 12.9. The molecule has 0 aromatic carbocycles. The SMILES string of the molecule is CNC1CCC(C(C)C)CC1S(=O)(=O)CCC(=O)OC. The molecular weight excluding hydrogens is 278 g/mol. The molecule has 118 valence electrons. The third-order valence-corrected chi connectivity index (χ3v) is 6.64. The van der Waals surface area contributed by atoms with E-state index in [2.05, 4.69) is 23.9 Å². The van der Waals surface area contributed by atoms with Crippen LogP contribution in [0.1, 0.15) is 39.5 Å². The molecule has 1 saturated carbocycles. The number of carbonyl (C=O) groups excluding carboxylic acids is 1. The zero-order chi connectivity index (χ0) is 15.3. The zero-order valence-corrected chi connectivity index (χ0v) is 13.7. The van der Waals surface area contributed by atoms with E-state index in [0.29, 0.717) is 18.3 Å². The summed E-state index contributed by atoms with van der Waals surface area (Å²) in [6.07, 6.45) is 2.57. The van der Waals surface area contributed by atoms with E-state index in [0.717, 1.165) is 12.8 Å². The highest BCUT2D eigenvalue weighted by Gasteiger charge is 2.39. The fourth-order valence-corrected chi connectivity index (χ4v) is 5.04. The second-order valence-electron chi connectivity index (χ2n) is 5.94. The van der Waals surface area contributed by atoms with Crippen LogP contribution in [0.2, 0.25) is 0 Å². The van der Waals surface area contributed by atoms with E-state index in [1.54, 1.807) is 0 Å². The maximum absolute atomic E-state index is 12.5. The molecule has 1 fully saturated rings. The molecule has 0 radical (unpaired) electrons. The molecule has 3 atom stereocenters. The van der Waals surface area contributed by atoms with Crippen LogP contribution in [0.25, 0.3) is 0 Å². The minimum atomic E-state index is -3.28. The Bertz CT molecular complexity index is 419. The topological polar surface area (TPSA) is 72.5 Å². The van der Waals surface area contributed by atoms with Crippen molar-refractivity contribution in [3.8, 4) is 0 Å². The second kappa shape index (κ2) is 7.41. The lowest BCUT2D eigenvalue weighted by molar-refractivity contribution is -0.140. The molecule has 0 aromatic rings. The lowest BCUT2D eigenvalue weighted by Crippen LogP contribution is -2.48. The maximum atomic E-state index is 12.5. The van der Waals surface area contributed by atoms with Gasteiger partial charge in [-0.2, -0.15) is 0 Å². The summed E-state index contributed by atoms with van der Waals surface area (Å²) in [5.41, 5.74) is 0. The third-order valence-electron chi connectivity index (χ3n) is 4.43. The normalized spacial score (nSPS) is 27.6. The highest BCUT2D eigenvalue weighted by atomic mass is 32.2. The van der Waals surface area contributed by atoms with Crippen LogP contribution in [0.5, 0.6) is 0 Å². The largest absolute Gasteiger partial charge is 0.469 e. The Morgan fingerprint density at radius 3 is 2.50 bits per heavy atom. The number of ether oxygens (including phenoxy) is 1. The summed E-state index contributed by atoms with van der Waals surface area (Å²) in [6, 6.07) is -0.00681. The van der Waals surface area contributed by atoms with Gasteiger partial charge in [0.15, 0.2) is 9.84 Å². The Morgan fingerprint density at radius 1 is 1.35 bits per heavy atom. The monoisotopic (exact) mass is 305 g/mol. The van der Waals surface area contributed by atoms with E-state index in [1.807, 2.05) is 7.05 Å². The van der Waals surface area contributed by atoms with E-state index >= 15 is 0 Å². The summed E-state index contributed by atoms with van der Waals surface area (Å²) in [6.45, 7) is 4.28. The van der Waals surface area contributed by atoms with Crippen molar-refractivity contribution in [1.29, 1.82) is 0 Å². The fraction of sp³-hybridized carbons (Fsp3) is 0.929. The molecule has 6 heteroatoms. The van der Waals surface area contributed by atoms with Crippen molar-refractivity contribution in [1.82, 2.24) is 5.32 Å². The first kappa shape index (κ1) is 17.4. The fourth-order valence-electron chi connectivity index (χ4n) is 2.97. The number of hydrogen-bond donors (Lipinski definition) is 1. The van der Waals surface area contributed by atoms with Gasteiger partial charge >= 0.3 is 5.97 Å². The van der Waals surface area contributed by atoms with Crippen LogP contribution < -0.4 is 5.32 Å². The van der Waals surface area contributed by atoms with Crippen LogP contribution in [0.15, 0.2) is 0 Å². The van der Waals surface area contributed by atoms with E-state index in [-0.39, 0.29) is 18.2 Å². The molecule has 1 N–H and O–H groups in total. The first-order valence-corrected chi connectivity index (χ1v) is 8.99. The van der Waals surface area contributed by atoms with Crippen LogP contribution >= 0.6 is 0 Å². The molecule has 0 heterocycles. The van der Waals surface area contributed by atoms with Gasteiger partial charge in [0.25, 0.3) is 0 Å². The summed E-state index contributed by atoms with van der Waals surface area (Å²) in [4.78, 5) is 11.2. The van der Waals surface area contributed by atoms with Crippen LogP contribution in [0, 0.1) is 11.8 Å². The van der Waals surface area contributed by atoms with Gasteiger partial charge in [0.1, 0.15) is 0 Å². The number of rotatable bonds is 6. The van der Waals surface area contributed by atoms with Gasteiger partial charge in [-0.1, -0.05) is 13.8 Å². The molecule has 1 aliphatic carbocycles. The quantitative estimate of drug-likeness (QED) is 0.751. The standard InChI is InChI=1S/C14H27NO4S/c1-10(2)11-5-6-12(15-3)13(9-11)20(17,18)8-7-14(16)19-4/h10-13,15H,5-9H2,1-4H3. The Hall–Kier alpha value is -0.620. The molecule has 0 aromatic heterocycles. The van der Waals surface area contributed by atoms with Crippen LogP contribution in [-0.2, 0) is 19.4 Å². The third kappa shape index (κ3) is 4.45. The van der Waals surface area contributed by atoms with E-state index in [1.165, 1.54) is 7.11 Å². The van der Waals surface area contributed by atoms with Gasteiger partial charge in [-0.25, -0.2) is 8.42 Å². The van der Waals surface area contributed by atoms with Crippen LogP contribution in [0.4, 0.5) is 0 Å². The predicted molar refractivity (Wildman–Crippen MR) is 79.2 cm³/mol. The average Bonchev–Trinajstić information content (AvgIpc) is 2.43. The van der Waals surface area contributed by atoms with Crippen molar-refractivity contribution in [2.45, 2.75) is 50.8 Å². The van der Waals surface area contributed by atoms with Gasteiger partial charge in [0.05, 0.1) is 24.5 Å². The maximum Gasteiger partial charge on any atom is 0.306 e. The number of esters is 1. The summed E-state index contributed by atoms with van der Waals surface area (Å²) in [5.74, 6) is 0.349. The van der Waals surface area contributed by atoms with Crippen molar-refractivity contribution in [3.05, 3.63) is 0 Å². The Kier molecular flexibility index (Phi) is 6.45. The molecule has 0 aliphatic heterocycles. The molecule has 0 spiro atoms. The number of sulfone groups is 1. The predicted octanol–water partition coefficient (Wildman–Crippen LogP) is 1.38. The van der Waals surface area contributed by atoms with Crippen molar-refractivity contribution < 1.29 is 17.9 Å². The summed E-state index contributed by atoms with van der Waals surface area (Å²) in [7, 11) is -0.192. The second-order valence-corrected chi connectivity index (χ2v) is 8.28. The number of hydrogen-bond acceptors (Lipinski definition) is 5.